The van der Waals surface area contributed by atoms with Crippen LogP contribution < -0.4 is 0 Å². The van der Waals surface area contributed by atoms with Crippen molar-refractivity contribution in [1.29, 1.82) is 0 Å². The SMILES string of the molecule is CCCCCCCCCc1ccc(C[N+](CC(C)OCC)(C(C)C)C(C)C)cc1CCCCCCCCC. The lowest BCUT2D eigenvalue weighted by Crippen LogP contribution is -2.60. The number of ether oxygens (including phenoxy) is 1. The normalized spacial score (nSPS) is 13.1. The molecule has 1 atom stereocenters. The highest BCUT2D eigenvalue weighted by atomic mass is 16.5. The summed E-state index contributed by atoms with van der Waals surface area (Å²) in [5.41, 5.74) is 4.80. The Morgan fingerprint density at radius 3 is 1.55 bits per heavy atom. The summed E-state index contributed by atoms with van der Waals surface area (Å²) in [5, 5.41) is 0. The lowest BCUT2D eigenvalue weighted by molar-refractivity contribution is -0.981. The first-order valence-electron chi connectivity index (χ1n) is 16.9. The molecule has 0 N–H and O–H groups in total. The van der Waals surface area contributed by atoms with E-state index in [1.165, 1.54) is 108 Å². The molecule has 1 rings (SSSR count). The van der Waals surface area contributed by atoms with Crippen LogP contribution in [0.1, 0.15) is 162 Å². The van der Waals surface area contributed by atoms with E-state index in [-0.39, 0.29) is 6.10 Å². The molecule has 1 aromatic carbocycles. The van der Waals surface area contributed by atoms with Crippen LogP contribution in [-0.4, -0.2) is 35.8 Å². The van der Waals surface area contributed by atoms with Crippen LogP contribution in [0, 0.1) is 0 Å². The Kier molecular flexibility index (Phi) is 19.4. The quantitative estimate of drug-likeness (QED) is 0.0953. The van der Waals surface area contributed by atoms with E-state index in [2.05, 4.69) is 73.6 Å². The van der Waals surface area contributed by atoms with Crippen LogP contribution in [0.4, 0.5) is 0 Å². The Morgan fingerprint density at radius 1 is 0.605 bits per heavy atom. The zero-order chi connectivity index (χ0) is 28.2. The van der Waals surface area contributed by atoms with Crippen LogP contribution in [0.15, 0.2) is 18.2 Å². The molecule has 0 bridgehead atoms. The van der Waals surface area contributed by atoms with E-state index in [0.29, 0.717) is 12.1 Å². The van der Waals surface area contributed by atoms with E-state index in [4.69, 9.17) is 4.74 Å². The predicted octanol–water partition coefficient (Wildman–Crippen LogP) is 10.8. The van der Waals surface area contributed by atoms with Gasteiger partial charge in [0, 0.05) is 12.2 Å². The third kappa shape index (κ3) is 13.5. The number of nitrogens with zero attached hydrogens (tertiary/aromatic N) is 1. The Labute approximate surface area is 239 Å². The number of benzene rings is 1. The molecule has 0 saturated carbocycles. The molecule has 0 aliphatic rings. The van der Waals surface area contributed by atoms with Crippen molar-refractivity contribution in [3.8, 4) is 0 Å². The maximum atomic E-state index is 6.05. The highest BCUT2D eigenvalue weighted by Gasteiger charge is 2.37. The van der Waals surface area contributed by atoms with Gasteiger partial charge in [0.15, 0.2) is 0 Å². The Bertz CT molecular complexity index is 687. The lowest BCUT2D eigenvalue weighted by Gasteiger charge is -2.47. The van der Waals surface area contributed by atoms with Crippen LogP contribution in [-0.2, 0) is 24.1 Å². The molecule has 0 aliphatic carbocycles. The highest BCUT2D eigenvalue weighted by molar-refractivity contribution is 5.32. The molecule has 0 saturated heterocycles. The van der Waals surface area contributed by atoms with E-state index in [9.17, 15) is 0 Å². The van der Waals surface area contributed by atoms with Gasteiger partial charge in [-0.3, -0.25) is 0 Å². The summed E-state index contributed by atoms with van der Waals surface area (Å²) < 4.78 is 7.14. The molecule has 38 heavy (non-hydrogen) atoms. The molecule has 0 aromatic heterocycles. The second kappa shape index (κ2) is 21.0. The molecule has 0 heterocycles. The zero-order valence-electron chi connectivity index (χ0n) is 27.3. The Morgan fingerprint density at radius 2 is 1.08 bits per heavy atom. The van der Waals surface area contributed by atoms with Crippen LogP contribution in [0.25, 0.3) is 0 Å². The molecule has 0 amide bonds. The van der Waals surface area contributed by atoms with Gasteiger partial charge >= 0.3 is 0 Å². The fourth-order valence-electron chi connectivity index (χ4n) is 6.40. The number of hydrogen-bond acceptors (Lipinski definition) is 1. The summed E-state index contributed by atoms with van der Waals surface area (Å²) in [6.45, 7) is 21.6. The summed E-state index contributed by atoms with van der Waals surface area (Å²) in [6.07, 6.45) is 22.2. The molecule has 0 radical (unpaired) electrons. The Balaban J connectivity index is 2.97. The Hall–Kier alpha value is -0.860. The first-order valence-corrected chi connectivity index (χ1v) is 16.9. The molecule has 0 fully saturated rings. The molecule has 222 valence electrons. The van der Waals surface area contributed by atoms with E-state index in [1.54, 1.807) is 11.1 Å². The topological polar surface area (TPSA) is 9.23 Å². The number of hydrogen-bond donors (Lipinski definition) is 0. The molecular weight excluding hydrogens is 462 g/mol. The highest BCUT2D eigenvalue weighted by Crippen LogP contribution is 2.28. The summed E-state index contributed by atoms with van der Waals surface area (Å²) in [5.74, 6) is 0. The number of quaternary nitrogens is 1. The molecule has 0 aliphatic heterocycles. The van der Waals surface area contributed by atoms with E-state index in [0.717, 1.165) is 24.2 Å². The first kappa shape index (κ1) is 35.2. The molecular formula is C36H68NO+. The van der Waals surface area contributed by atoms with Gasteiger partial charge in [0.05, 0.1) is 12.1 Å². The number of rotatable bonds is 24. The third-order valence-corrected chi connectivity index (χ3v) is 8.95. The molecule has 0 spiro atoms. The van der Waals surface area contributed by atoms with Crippen molar-refractivity contribution in [1.82, 2.24) is 0 Å². The van der Waals surface area contributed by atoms with Gasteiger partial charge in [-0.15, -0.1) is 0 Å². The largest absolute Gasteiger partial charge is 0.373 e. The lowest BCUT2D eigenvalue weighted by atomic mass is 9.93. The average molecular weight is 531 g/mol. The van der Waals surface area contributed by atoms with E-state index in [1.807, 2.05) is 0 Å². The average Bonchev–Trinajstić information content (AvgIpc) is 2.88. The summed E-state index contributed by atoms with van der Waals surface area (Å²) in [7, 11) is 0. The van der Waals surface area contributed by atoms with Gasteiger partial charge in [-0.05, 0) is 84.4 Å². The molecule has 1 aromatic rings. The van der Waals surface area contributed by atoms with Crippen LogP contribution in [0.3, 0.4) is 0 Å². The van der Waals surface area contributed by atoms with Crippen molar-refractivity contribution in [3.05, 3.63) is 34.9 Å². The predicted molar refractivity (Wildman–Crippen MR) is 170 cm³/mol. The van der Waals surface area contributed by atoms with E-state index >= 15 is 0 Å². The van der Waals surface area contributed by atoms with Gasteiger partial charge in [-0.2, -0.15) is 0 Å². The third-order valence-electron chi connectivity index (χ3n) is 8.95. The van der Waals surface area contributed by atoms with E-state index < -0.39 is 0 Å². The summed E-state index contributed by atoms with van der Waals surface area (Å²) in [6, 6.07) is 8.71. The van der Waals surface area contributed by atoms with Gasteiger partial charge in [0.1, 0.15) is 19.2 Å². The van der Waals surface area contributed by atoms with Crippen LogP contribution >= 0.6 is 0 Å². The van der Waals surface area contributed by atoms with Gasteiger partial charge < -0.3 is 9.22 Å². The van der Waals surface area contributed by atoms with Gasteiger partial charge in [-0.1, -0.05) is 103 Å². The first-order chi connectivity index (χ1) is 18.3. The van der Waals surface area contributed by atoms with Crippen LogP contribution in [0.2, 0.25) is 0 Å². The minimum atomic E-state index is 0.286. The fraction of sp³-hybridized carbons (Fsp3) is 0.833. The molecule has 2 nitrogen and oxygen atoms in total. The minimum Gasteiger partial charge on any atom is -0.373 e. The maximum Gasteiger partial charge on any atom is 0.106 e. The summed E-state index contributed by atoms with van der Waals surface area (Å²) in [4.78, 5) is 0. The zero-order valence-corrected chi connectivity index (χ0v) is 27.3. The van der Waals surface area contributed by atoms with Crippen molar-refractivity contribution in [3.63, 3.8) is 0 Å². The van der Waals surface area contributed by atoms with Crippen LogP contribution in [0.5, 0.6) is 0 Å². The number of aryl methyl sites for hydroxylation is 2. The van der Waals surface area contributed by atoms with Gasteiger partial charge in [-0.25, -0.2) is 0 Å². The molecule has 1 unspecified atom stereocenters. The summed E-state index contributed by atoms with van der Waals surface area (Å²) >= 11 is 0. The van der Waals surface area contributed by atoms with Gasteiger partial charge in [0.25, 0.3) is 0 Å². The van der Waals surface area contributed by atoms with Crippen molar-refractivity contribution in [2.75, 3.05) is 13.2 Å². The van der Waals surface area contributed by atoms with Crippen molar-refractivity contribution in [2.45, 2.75) is 183 Å². The van der Waals surface area contributed by atoms with Crippen molar-refractivity contribution < 1.29 is 9.22 Å². The van der Waals surface area contributed by atoms with Gasteiger partial charge in [0.2, 0.25) is 0 Å². The second-order valence-corrected chi connectivity index (χ2v) is 12.7. The smallest absolute Gasteiger partial charge is 0.106 e. The minimum absolute atomic E-state index is 0.286. The molecule has 2 heteroatoms. The monoisotopic (exact) mass is 531 g/mol. The number of unbranched alkanes of at least 4 members (excludes halogenated alkanes) is 12. The fourth-order valence-corrected chi connectivity index (χ4v) is 6.40. The maximum absolute atomic E-state index is 6.05. The van der Waals surface area contributed by atoms with Crippen molar-refractivity contribution in [2.24, 2.45) is 0 Å². The van der Waals surface area contributed by atoms with Crippen molar-refractivity contribution >= 4 is 0 Å². The standard InChI is InChI=1S/C36H68NO/c1-9-12-14-16-18-20-22-24-35-27-26-34(28-36(35)25-23-21-19-17-15-13-10-2)30-37(31(4)5,32(6)7)29-33(8)38-11-3/h26-28,31-33H,9-25,29-30H2,1-8H3/q+1. The second-order valence-electron chi connectivity index (χ2n) is 12.7.